The van der Waals surface area contributed by atoms with Crippen LogP contribution in [0.25, 0.3) is 0 Å². The van der Waals surface area contributed by atoms with Crippen LogP contribution in [-0.4, -0.2) is 34.6 Å². The summed E-state index contributed by atoms with van der Waals surface area (Å²) in [6, 6.07) is 9.58. The van der Waals surface area contributed by atoms with Crippen molar-refractivity contribution in [3.05, 3.63) is 74.8 Å². The highest BCUT2D eigenvalue weighted by Gasteiger charge is 2.23. The SMILES string of the molecule is NC(=O)CC[C@H](NC(=O)c1ccc(Cl)cc1)C(=O)NNC(=O)c1cccc([N+](=O)[O-])c1. The average molecular weight is 448 g/mol. The number of hydrogen-bond acceptors (Lipinski definition) is 6. The molecule has 0 bridgehead atoms. The maximum Gasteiger partial charge on any atom is 0.270 e. The normalized spacial score (nSPS) is 11.1. The Balaban J connectivity index is 2.04. The summed E-state index contributed by atoms with van der Waals surface area (Å²) in [6.45, 7) is 0. The van der Waals surface area contributed by atoms with Crippen LogP contribution in [0.1, 0.15) is 33.6 Å². The molecule has 0 aliphatic carbocycles. The van der Waals surface area contributed by atoms with E-state index in [0.717, 1.165) is 6.07 Å². The number of carbonyl (C=O) groups is 4. The van der Waals surface area contributed by atoms with Crippen molar-refractivity contribution in [3.8, 4) is 0 Å². The number of nitrogens with one attached hydrogen (secondary N) is 3. The summed E-state index contributed by atoms with van der Waals surface area (Å²) in [5.74, 6) is -2.91. The van der Waals surface area contributed by atoms with Gasteiger partial charge in [-0.2, -0.15) is 0 Å². The van der Waals surface area contributed by atoms with Gasteiger partial charge in [0.25, 0.3) is 23.4 Å². The zero-order valence-corrected chi connectivity index (χ0v) is 16.7. The molecule has 0 fully saturated rings. The molecule has 2 rings (SSSR count). The molecular formula is C19H18ClN5O6. The Labute approximate surface area is 181 Å². The largest absolute Gasteiger partial charge is 0.370 e. The van der Waals surface area contributed by atoms with Crippen molar-refractivity contribution in [3.63, 3.8) is 0 Å². The summed E-state index contributed by atoms with van der Waals surface area (Å²) in [5, 5.41) is 13.7. The molecule has 1 atom stereocenters. The van der Waals surface area contributed by atoms with Crippen LogP contribution in [0.15, 0.2) is 48.5 Å². The average Bonchev–Trinajstić information content (AvgIpc) is 2.74. The first-order valence-electron chi connectivity index (χ1n) is 8.86. The van der Waals surface area contributed by atoms with Gasteiger partial charge in [-0.1, -0.05) is 17.7 Å². The molecule has 5 N–H and O–H groups in total. The molecule has 4 amide bonds. The highest BCUT2D eigenvalue weighted by atomic mass is 35.5. The molecule has 2 aromatic carbocycles. The summed E-state index contributed by atoms with van der Waals surface area (Å²) in [5.41, 5.74) is 9.21. The van der Waals surface area contributed by atoms with Gasteiger partial charge in [0, 0.05) is 34.7 Å². The van der Waals surface area contributed by atoms with E-state index in [1.165, 1.54) is 42.5 Å². The number of carbonyl (C=O) groups excluding carboxylic acids is 4. The van der Waals surface area contributed by atoms with Gasteiger partial charge in [0.15, 0.2) is 0 Å². The number of nitrogens with zero attached hydrogens (tertiary/aromatic N) is 1. The van der Waals surface area contributed by atoms with Crippen LogP contribution < -0.4 is 21.9 Å². The van der Waals surface area contributed by atoms with Crippen LogP contribution in [0.2, 0.25) is 5.02 Å². The Hall–Kier alpha value is -3.99. The van der Waals surface area contributed by atoms with E-state index in [2.05, 4.69) is 16.2 Å². The predicted molar refractivity (Wildman–Crippen MR) is 110 cm³/mol. The maximum atomic E-state index is 12.5. The van der Waals surface area contributed by atoms with Crippen LogP contribution in [0, 0.1) is 10.1 Å². The fraction of sp³-hybridized carbons (Fsp3) is 0.158. The second-order valence-electron chi connectivity index (χ2n) is 6.29. The van der Waals surface area contributed by atoms with Crippen molar-refractivity contribution in [2.24, 2.45) is 5.73 Å². The smallest absolute Gasteiger partial charge is 0.270 e. The van der Waals surface area contributed by atoms with Gasteiger partial charge < -0.3 is 11.1 Å². The van der Waals surface area contributed by atoms with E-state index in [4.69, 9.17) is 17.3 Å². The molecule has 0 aliphatic heterocycles. The topological polar surface area (TPSA) is 174 Å². The summed E-state index contributed by atoms with van der Waals surface area (Å²) >= 11 is 5.78. The van der Waals surface area contributed by atoms with Crippen molar-refractivity contribution in [2.45, 2.75) is 18.9 Å². The van der Waals surface area contributed by atoms with Crippen molar-refractivity contribution in [2.75, 3.05) is 0 Å². The first-order chi connectivity index (χ1) is 14.7. The second kappa shape index (κ2) is 10.7. The van der Waals surface area contributed by atoms with E-state index in [1.807, 2.05) is 0 Å². The Morgan fingerprint density at radius 1 is 1.00 bits per heavy atom. The lowest BCUT2D eigenvalue weighted by atomic mass is 10.1. The molecule has 0 saturated carbocycles. The standard InChI is InChI=1S/C19H18ClN5O6/c20-13-6-4-11(5-7-13)17(27)22-15(8-9-16(21)26)19(29)24-23-18(28)12-2-1-3-14(10-12)25(30)31/h1-7,10,15H,8-9H2,(H2,21,26)(H,22,27)(H,23,28)(H,24,29)/t15-/m0/s1. The summed E-state index contributed by atoms with van der Waals surface area (Å²) in [6.07, 6.45) is -0.314. The van der Waals surface area contributed by atoms with Gasteiger partial charge in [-0.25, -0.2) is 0 Å². The van der Waals surface area contributed by atoms with Crippen molar-refractivity contribution in [1.29, 1.82) is 0 Å². The highest BCUT2D eigenvalue weighted by Crippen LogP contribution is 2.13. The number of nitro groups is 1. The van der Waals surface area contributed by atoms with E-state index in [0.29, 0.717) is 5.02 Å². The zero-order valence-electron chi connectivity index (χ0n) is 16.0. The lowest BCUT2D eigenvalue weighted by molar-refractivity contribution is -0.384. The quantitative estimate of drug-likeness (QED) is 0.348. The molecule has 0 unspecified atom stereocenters. The molecule has 31 heavy (non-hydrogen) atoms. The number of halogens is 1. The third-order valence-electron chi connectivity index (χ3n) is 4.03. The number of hydrazine groups is 1. The van der Waals surface area contributed by atoms with Gasteiger partial charge in [0.2, 0.25) is 5.91 Å². The summed E-state index contributed by atoms with van der Waals surface area (Å²) in [4.78, 5) is 58.3. The first kappa shape index (κ1) is 23.3. The number of nitro benzene ring substituents is 1. The maximum absolute atomic E-state index is 12.5. The molecular weight excluding hydrogens is 430 g/mol. The zero-order chi connectivity index (χ0) is 23.0. The molecule has 0 radical (unpaired) electrons. The van der Waals surface area contributed by atoms with E-state index < -0.39 is 34.6 Å². The number of nitrogens with two attached hydrogens (primary N) is 1. The van der Waals surface area contributed by atoms with Crippen LogP contribution in [0.3, 0.4) is 0 Å². The minimum Gasteiger partial charge on any atom is -0.370 e. The van der Waals surface area contributed by atoms with Crippen molar-refractivity contribution >= 4 is 40.9 Å². The van der Waals surface area contributed by atoms with Gasteiger partial charge in [0.1, 0.15) is 6.04 Å². The molecule has 11 nitrogen and oxygen atoms in total. The lowest BCUT2D eigenvalue weighted by Crippen LogP contribution is -2.52. The molecule has 0 spiro atoms. The van der Waals surface area contributed by atoms with Crippen LogP contribution in [0.5, 0.6) is 0 Å². The van der Waals surface area contributed by atoms with Crippen molar-refractivity contribution < 1.29 is 24.1 Å². The van der Waals surface area contributed by atoms with E-state index in [9.17, 15) is 29.3 Å². The fourth-order valence-electron chi connectivity index (χ4n) is 2.44. The van der Waals surface area contributed by atoms with E-state index in [1.54, 1.807) is 0 Å². The van der Waals surface area contributed by atoms with Crippen molar-refractivity contribution in [1.82, 2.24) is 16.2 Å². The molecule has 0 aliphatic rings. The number of non-ortho nitro benzene ring substituents is 1. The van der Waals surface area contributed by atoms with Gasteiger partial charge in [-0.3, -0.25) is 40.1 Å². The number of primary amides is 1. The van der Waals surface area contributed by atoms with Gasteiger partial charge in [-0.05, 0) is 36.8 Å². The van der Waals surface area contributed by atoms with Gasteiger partial charge in [0.05, 0.1) is 4.92 Å². The fourth-order valence-corrected chi connectivity index (χ4v) is 2.56. The number of amides is 4. The first-order valence-corrected chi connectivity index (χ1v) is 9.24. The minimum atomic E-state index is -1.19. The number of hydrogen-bond donors (Lipinski definition) is 4. The lowest BCUT2D eigenvalue weighted by Gasteiger charge is -2.18. The Kier molecular flexibility index (Phi) is 8.03. The Bertz CT molecular complexity index is 1010. The molecule has 162 valence electrons. The Morgan fingerprint density at radius 3 is 2.29 bits per heavy atom. The van der Waals surface area contributed by atoms with Gasteiger partial charge in [-0.15, -0.1) is 0 Å². The molecule has 0 aromatic heterocycles. The van der Waals surface area contributed by atoms with E-state index >= 15 is 0 Å². The number of benzene rings is 2. The molecule has 2 aromatic rings. The molecule has 0 saturated heterocycles. The summed E-state index contributed by atoms with van der Waals surface area (Å²) < 4.78 is 0. The molecule has 12 heteroatoms. The predicted octanol–water partition coefficient (Wildman–Crippen LogP) is 1.07. The van der Waals surface area contributed by atoms with Crippen LogP contribution in [0.4, 0.5) is 5.69 Å². The minimum absolute atomic E-state index is 0.0617. The third kappa shape index (κ3) is 7.08. The highest BCUT2D eigenvalue weighted by molar-refractivity contribution is 6.30. The monoisotopic (exact) mass is 447 g/mol. The van der Waals surface area contributed by atoms with Crippen LogP contribution >= 0.6 is 11.6 Å². The number of rotatable bonds is 8. The summed E-state index contributed by atoms with van der Waals surface area (Å²) in [7, 11) is 0. The molecule has 0 heterocycles. The van der Waals surface area contributed by atoms with E-state index in [-0.39, 0.29) is 29.7 Å². The van der Waals surface area contributed by atoms with Gasteiger partial charge >= 0.3 is 0 Å². The third-order valence-corrected chi connectivity index (χ3v) is 4.28. The van der Waals surface area contributed by atoms with Crippen LogP contribution in [-0.2, 0) is 9.59 Å². The second-order valence-corrected chi connectivity index (χ2v) is 6.73. The Morgan fingerprint density at radius 2 is 1.68 bits per heavy atom.